The highest BCUT2D eigenvalue weighted by atomic mass is 16.5. The van der Waals surface area contributed by atoms with Crippen LogP contribution in [0.25, 0.3) is 0 Å². The fourth-order valence-corrected chi connectivity index (χ4v) is 4.69. The van der Waals surface area contributed by atoms with Crippen molar-refractivity contribution in [3.8, 4) is 0 Å². The van der Waals surface area contributed by atoms with E-state index < -0.39 is 29.5 Å². The van der Waals surface area contributed by atoms with Crippen LogP contribution in [0, 0.1) is 28.6 Å². The summed E-state index contributed by atoms with van der Waals surface area (Å²) in [6.07, 6.45) is 0. The quantitative estimate of drug-likeness (QED) is 0.627. The number of nitrogens with zero attached hydrogens (tertiary/aromatic N) is 1. The van der Waals surface area contributed by atoms with Gasteiger partial charge >= 0.3 is 5.97 Å². The van der Waals surface area contributed by atoms with Crippen molar-refractivity contribution in [2.45, 2.75) is 73.5 Å². The number of methoxy groups -OCH3 is 1. The normalized spacial score (nSPS) is 26.5. The fourth-order valence-electron chi connectivity index (χ4n) is 4.69. The number of likely N-dealkylation sites (tertiary alicyclic amines) is 1. The minimum atomic E-state index is -0.783. The van der Waals surface area contributed by atoms with Gasteiger partial charge in [0.05, 0.1) is 7.11 Å². The maximum Gasteiger partial charge on any atom is 0.328 e. The molecule has 2 rings (SSSR count). The molecule has 2 N–H and O–H groups in total. The molecule has 0 radical (unpaired) electrons. The van der Waals surface area contributed by atoms with Crippen LogP contribution in [0.4, 0.5) is 0 Å². The number of carbonyl (C=O) groups is 4. The van der Waals surface area contributed by atoms with Crippen molar-refractivity contribution in [2.75, 3.05) is 13.7 Å². The topological polar surface area (TPSA) is 105 Å². The Morgan fingerprint density at radius 3 is 2.10 bits per heavy atom. The molecule has 8 nitrogen and oxygen atoms in total. The van der Waals surface area contributed by atoms with Crippen molar-refractivity contribution in [1.29, 1.82) is 0 Å². The number of amides is 3. The molecule has 5 atom stereocenters. The Balaban J connectivity index is 2.32. The Bertz CT molecular complexity index is 725. The number of fused-ring (bicyclic) bond motifs is 1. The van der Waals surface area contributed by atoms with Crippen LogP contribution in [-0.2, 0) is 23.9 Å². The first-order chi connectivity index (χ1) is 13.6. The SMILES string of the molecule is COC(=O)[C@@H](NC(=O)[C@@H]1[C@@H]2[C@H](CN1C(=O)[C@@H](NC(C)=O)C(C)(C)C)C2(C)C)C(C)C. The second-order valence-electron chi connectivity index (χ2n) is 10.6. The van der Waals surface area contributed by atoms with Crippen molar-refractivity contribution < 1.29 is 23.9 Å². The van der Waals surface area contributed by atoms with Gasteiger partial charge in [-0.3, -0.25) is 14.4 Å². The minimum absolute atomic E-state index is 0.0184. The lowest BCUT2D eigenvalue weighted by molar-refractivity contribution is -0.149. The molecule has 8 heteroatoms. The van der Waals surface area contributed by atoms with Gasteiger partial charge in [-0.2, -0.15) is 0 Å². The number of ether oxygens (including phenoxy) is 1. The van der Waals surface area contributed by atoms with E-state index >= 15 is 0 Å². The lowest BCUT2D eigenvalue weighted by Crippen LogP contribution is -2.60. The zero-order valence-corrected chi connectivity index (χ0v) is 19.7. The summed E-state index contributed by atoms with van der Waals surface area (Å²) < 4.78 is 4.83. The van der Waals surface area contributed by atoms with Gasteiger partial charge in [0, 0.05) is 13.5 Å². The van der Waals surface area contributed by atoms with Gasteiger partial charge in [-0.25, -0.2) is 4.79 Å². The maximum absolute atomic E-state index is 13.5. The second kappa shape index (κ2) is 8.19. The lowest BCUT2D eigenvalue weighted by atomic mass is 9.85. The Morgan fingerprint density at radius 1 is 1.10 bits per heavy atom. The van der Waals surface area contributed by atoms with E-state index in [1.807, 2.05) is 34.6 Å². The van der Waals surface area contributed by atoms with E-state index in [1.54, 1.807) is 4.90 Å². The predicted molar refractivity (Wildman–Crippen MR) is 112 cm³/mol. The van der Waals surface area contributed by atoms with Crippen molar-refractivity contribution in [2.24, 2.45) is 28.6 Å². The first kappa shape index (κ1) is 24.2. The van der Waals surface area contributed by atoms with Gasteiger partial charge in [0.2, 0.25) is 17.7 Å². The third kappa shape index (κ3) is 4.47. The van der Waals surface area contributed by atoms with Gasteiger partial charge in [-0.15, -0.1) is 0 Å². The van der Waals surface area contributed by atoms with Crippen LogP contribution >= 0.6 is 0 Å². The Kier molecular flexibility index (Phi) is 6.60. The molecule has 2 aliphatic rings. The number of hydrogen-bond donors (Lipinski definition) is 2. The van der Waals surface area contributed by atoms with Crippen LogP contribution in [0.15, 0.2) is 0 Å². The van der Waals surface area contributed by atoms with E-state index in [0.717, 1.165) is 0 Å². The molecule has 30 heavy (non-hydrogen) atoms. The summed E-state index contributed by atoms with van der Waals surface area (Å²) in [6, 6.07) is -2.21. The molecule has 0 bridgehead atoms. The minimum Gasteiger partial charge on any atom is -0.467 e. The zero-order chi connectivity index (χ0) is 23.2. The molecule has 0 aromatic carbocycles. The number of piperidine rings is 1. The van der Waals surface area contributed by atoms with Crippen LogP contribution in [0.1, 0.15) is 55.4 Å². The van der Waals surface area contributed by atoms with Gasteiger partial charge in [0.1, 0.15) is 18.1 Å². The summed E-state index contributed by atoms with van der Waals surface area (Å²) in [6.45, 7) is 15.3. The Morgan fingerprint density at radius 2 is 1.67 bits per heavy atom. The summed E-state index contributed by atoms with van der Waals surface area (Å²) in [5, 5.41) is 5.57. The van der Waals surface area contributed by atoms with Crippen molar-refractivity contribution in [3.05, 3.63) is 0 Å². The average Bonchev–Trinajstić information content (AvgIpc) is 2.96. The number of nitrogens with one attached hydrogen (secondary N) is 2. The summed E-state index contributed by atoms with van der Waals surface area (Å²) in [5.41, 5.74) is -0.568. The zero-order valence-electron chi connectivity index (χ0n) is 19.7. The molecule has 1 aliphatic carbocycles. The van der Waals surface area contributed by atoms with Gasteiger partial charge in [-0.1, -0.05) is 48.5 Å². The molecule has 0 aromatic rings. The standard InChI is InChI=1S/C22H37N3O5/c1-11(2)15(20(29)30-9)24-18(27)16-14-13(22(14,7)8)10-25(16)19(28)17(21(4,5)6)23-12(3)26/h11,13-17H,10H2,1-9H3,(H,23,26)(H,24,27)/t13-,14-,15-,16-,17+/m0/s1. The molecule has 3 amide bonds. The molecule has 0 aromatic heterocycles. The van der Waals surface area contributed by atoms with Crippen LogP contribution in [-0.4, -0.2) is 60.4 Å². The molecule has 0 spiro atoms. The van der Waals surface area contributed by atoms with Crippen molar-refractivity contribution in [3.63, 3.8) is 0 Å². The van der Waals surface area contributed by atoms with Gasteiger partial charge in [0.25, 0.3) is 0 Å². The average molecular weight is 424 g/mol. The summed E-state index contributed by atoms with van der Waals surface area (Å²) in [5.74, 6) is -1.33. The van der Waals surface area contributed by atoms with Crippen LogP contribution < -0.4 is 10.6 Å². The largest absolute Gasteiger partial charge is 0.467 e. The number of rotatable bonds is 6. The summed E-state index contributed by atoms with van der Waals surface area (Å²) in [7, 11) is 1.29. The number of hydrogen-bond acceptors (Lipinski definition) is 5. The van der Waals surface area contributed by atoms with E-state index in [1.165, 1.54) is 14.0 Å². The van der Waals surface area contributed by atoms with E-state index in [9.17, 15) is 19.2 Å². The van der Waals surface area contributed by atoms with Crippen LogP contribution in [0.2, 0.25) is 0 Å². The highest BCUT2D eigenvalue weighted by Crippen LogP contribution is 2.65. The monoisotopic (exact) mass is 423 g/mol. The maximum atomic E-state index is 13.5. The smallest absolute Gasteiger partial charge is 0.328 e. The molecule has 1 heterocycles. The molecule has 2 fully saturated rings. The van der Waals surface area contributed by atoms with E-state index in [0.29, 0.717) is 6.54 Å². The first-order valence-electron chi connectivity index (χ1n) is 10.6. The first-order valence-corrected chi connectivity index (χ1v) is 10.6. The molecule has 1 saturated carbocycles. The molecule has 1 saturated heterocycles. The molecular formula is C22H37N3O5. The summed E-state index contributed by atoms with van der Waals surface area (Å²) in [4.78, 5) is 52.2. The van der Waals surface area contributed by atoms with Crippen LogP contribution in [0.3, 0.4) is 0 Å². The third-order valence-corrected chi connectivity index (χ3v) is 6.64. The fraction of sp³-hybridized carbons (Fsp3) is 0.818. The van der Waals surface area contributed by atoms with Crippen LogP contribution in [0.5, 0.6) is 0 Å². The highest BCUT2D eigenvalue weighted by Gasteiger charge is 2.69. The Labute approximate surface area is 179 Å². The highest BCUT2D eigenvalue weighted by molar-refractivity contribution is 5.95. The van der Waals surface area contributed by atoms with E-state index in [4.69, 9.17) is 4.74 Å². The van der Waals surface area contributed by atoms with E-state index in [2.05, 4.69) is 24.5 Å². The van der Waals surface area contributed by atoms with Gasteiger partial charge in [0.15, 0.2) is 0 Å². The molecule has 1 aliphatic heterocycles. The van der Waals surface area contributed by atoms with Gasteiger partial charge < -0.3 is 20.3 Å². The van der Waals surface area contributed by atoms with Crippen molar-refractivity contribution in [1.82, 2.24) is 15.5 Å². The third-order valence-electron chi connectivity index (χ3n) is 6.64. The van der Waals surface area contributed by atoms with E-state index in [-0.39, 0.29) is 40.9 Å². The molecular weight excluding hydrogens is 386 g/mol. The number of carbonyl (C=O) groups excluding carboxylic acids is 4. The molecule has 170 valence electrons. The van der Waals surface area contributed by atoms with Crippen molar-refractivity contribution >= 4 is 23.7 Å². The lowest BCUT2D eigenvalue weighted by Gasteiger charge is -2.37. The predicted octanol–water partition coefficient (Wildman–Crippen LogP) is 1.33. The molecule has 0 unspecified atom stereocenters. The number of esters is 1. The van der Waals surface area contributed by atoms with Gasteiger partial charge in [-0.05, 0) is 28.6 Å². The Hall–Kier alpha value is -2.12. The summed E-state index contributed by atoms with van der Waals surface area (Å²) >= 11 is 0. The second-order valence-corrected chi connectivity index (χ2v) is 10.6.